The number of aliphatic imine (C=N–C) groups is 1. The SMILES string of the molecule is C=C(C)CNC(N)=NCc1ccccc1S(=O)(=O)NC(C)(C)C. The number of nitrogens with one attached hydrogen (secondary N) is 2. The molecule has 0 atom stereocenters. The summed E-state index contributed by atoms with van der Waals surface area (Å²) >= 11 is 0. The maximum absolute atomic E-state index is 12.5. The topological polar surface area (TPSA) is 96.6 Å². The smallest absolute Gasteiger partial charge is 0.241 e. The lowest BCUT2D eigenvalue weighted by Crippen LogP contribution is -2.40. The Kier molecular flexibility index (Phi) is 6.35. The van der Waals surface area contributed by atoms with Crippen LogP contribution in [0, 0.1) is 0 Å². The lowest BCUT2D eigenvalue weighted by atomic mass is 10.1. The van der Waals surface area contributed by atoms with Gasteiger partial charge in [0.05, 0.1) is 11.4 Å². The zero-order valence-electron chi connectivity index (χ0n) is 14.2. The Balaban J connectivity index is 2.98. The molecule has 0 aliphatic heterocycles. The first-order valence-electron chi connectivity index (χ1n) is 7.31. The van der Waals surface area contributed by atoms with Gasteiger partial charge in [-0.3, -0.25) is 0 Å². The lowest BCUT2D eigenvalue weighted by Gasteiger charge is -2.21. The van der Waals surface area contributed by atoms with Crippen LogP contribution in [0.2, 0.25) is 0 Å². The Hall–Kier alpha value is -1.86. The van der Waals surface area contributed by atoms with Crippen molar-refractivity contribution in [1.82, 2.24) is 10.0 Å². The van der Waals surface area contributed by atoms with E-state index in [0.29, 0.717) is 12.1 Å². The second kappa shape index (κ2) is 7.61. The molecule has 0 unspecified atom stereocenters. The summed E-state index contributed by atoms with van der Waals surface area (Å²) in [4.78, 5) is 4.40. The van der Waals surface area contributed by atoms with E-state index in [1.165, 1.54) is 0 Å². The van der Waals surface area contributed by atoms with E-state index in [0.717, 1.165) is 5.57 Å². The Bertz CT molecular complexity index is 688. The summed E-state index contributed by atoms with van der Waals surface area (Å²) in [6.07, 6.45) is 0. The first kappa shape index (κ1) is 19.2. The Morgan fingerprint density at radius 2 is 1.91 bits per heavy atom. The molecule has 1 aromatic rings. The fraction of sp³-hybridized carbons (Fsp3) is 0.438. The van der Waals surface area contributed by atoms with Crippen LogP contribution in [0.4, 0.5) is 0 Å². The van der Waals surface area contributed by atoms with Crippen LogP contribution in [-0.4, -0.2) is 26.5 Å². The van der Waals surface area contributed by atoms with Gasteiger partial charge in [0.15, 0.2) is 5.96 Å². The molecule has 0 bridgehead atoms. The molecule has 0 saturated heterocycles. The maximum atomic E-state index is 12.5. The van der Waals surface area contributed by atoms with Crippen LogP contribution >= 0.6 is 0 Å². The number of sulfonamides is 1. The average molecular weight is 338 g/mol. The summed E-state index contributed by atoms with van der Waals surface area (Å²) in [5.74, 6) is 0.254. The molecular weight excluding hydrogens is 312 g/mol. The third-order valence-electron chi connectivity index (χ3n) is 2.69. The largest absolute Gasteiger partial charge is 0.370 e. The molecule has 0 aliphatic carbocycles. The summed E-state index contributed by atoms with van der Waals surface area (Å²) in [6, 6.07) is 6.76. The summed E-state index contributed by atoms with van der Waals surface area (Å²) < 4.78 is 27.7. The molecule has 0 amide bonds. The van der Waals surface area contributed by atoms with E-state index in [2.05, 4.69) is 21.6 Å². The predicted octanol–water partition coefficient (Wildman–Crippen LogP) is 1.74. The lowest BCUT2D eigenvalue weighted by molar-refractivity contribution is 0.491. The molecular formula is C16H26N4O2S. The molecule has 0 aromatic heterocycles. The van der Waals surface area contributed by atoms with Gasteiger partial charge >= 0.3 is 0 Å². The highest BCUT2D eigenvalue weighted by molar-refractivity contribution is 7.89. The van der Waals surface area contributed by atoms with Crippen LogP contribution in [0.3, 0.4) is 0 Å². The average Bonchev–Trinajstić information content (AvgIpc) is 2.40. The number of guanidine groups is 1. The van der Waals surface area contributed by atoms with Crippen molar-refractivity contribution in [2.75, 3.05) is 6.54 Å². The van der Waals surface area contributed by atoms with Crippen molar-refractivity contribution in [3.05, 3.63) is 42.0 Å². The third kappa shape index (κ3) is 6.83. The Labute approximate surface area is 138 Å². The Morgan fingerprint density at radius 1 is 1.30 bits per heavy atom. The van der Waals surface area contributed by atoms with Crippen molar-refractivity contribution in [3.8, 4) is 0 Å². The highest BCUT2D eigenvalue weighted by atomic mass is 32.2. The molecule has 0 fully saturated rings. The summed E-state index contributed by atoms with van der Waals surface area (Å²) in [5.41, 5.74) is 6.72. The predicted molar refractivity (Wildman–Crippen MR) is 94.7 cm³/mol. The van der Waals surface area contributed by atoms with Gasteiger partial charge < -0.3 is 11.1 Å². The van der Waals surface area contributed by atoms with Gasteiger partial charge in [0.1, 0.15) is 0 Å². The highest BCUT2D eigenvalue weighted by Gasteiger charge is 2.24. The molecule has 128 valence electrons. The normalized spacial score (nSPS) is 13.0. The van der Waals surface area contributed by atoms with Crippen molar-refractivity contribution < 1.29 is 8.42 Å². The fourth-order valence-corrected chi connectivity index (χ4v) is 3.47. The molecule has 0 saturated carbocycles. The van der Waals surface area contributed by atoms with E-state index in [4.69, 9.17) is 5.73 Å². The molecule has 4 N–H and O–H groups in total. The van der Waals surface area contributed by atoms with Crippen molar-refractivity contribution in [1.29, 1.82) is 0 Å². The van der Waals surface area contributed by atoms with Crippen LogP contribution < -0.4 is 15.8 Å². The van der Waals surface area contributed by atoms with Crippen molar-refractivity contribution in [2.45, 2.75) is 44.7 Å². The first-order valence-corrected chi connectivity index (χ1v) is 8.79. The molecule has 0 aliphatic rings. The van der Waals surface area contributed by atoms with Gasteiger partial charge in [-0.1, -0.05) is 30.4 Å². The number of rotatable bonds is 6. The Morgan fingerprint density at radius 3 is 2.48 bits per heavy atom. The van der Waals surface area contributed by atoms with Gasteiger partial charge in [-0.15, -0.1) is 0 Å². The minimum absolute atomic E-state index is 0.177. The zero-order valence-corrected chi connectivity index (χ0v) is 15.0. The maximum Gasteiger partial charge on any atom is 0.241 e. The third-order valence-corrected chi connectivity index (χ3v) is 4.55. The van der Waals surface area contributed by atoms with Gasteiger partial charge in [0.2, 0.25) is 10.0 Å². The summed E-state index contributed by atoms with van der Waals surface area (Å²) in [5, 5.41) is 2.91. The van der Waals surface area contributed by atoms with Crippen LogP contribution in [0.15, 0.2) is 46.3 Å². The van der Waals surface area contributed by atoms with Crippen LogP contribution in [0.1, 0.15) is 33.3 Å². The van der Waals surface area contributed by atoms with Gasteiger partial charge in [-0.25, -0.2) is 18.1 Å². The van der Waals surface area contributed by atoms with E-state index in [1.807, 2.05) is 6.92 Å². The molecule has 1 aromatic carbocycles. The van der Waals surface area contributed by atoms with Crippen molar-refractivity contribution >= 4 is 16.0 Å². The standard InChI is InChI=1S/C16H26N4O2S/c1-12(2)10-18-15(17)19-11-13-8-6-7-9-14(13)23(21,22)20-16(3,4)5/h6-9,20H,1,10-11H2,2-5H3,(H3,17,18,19). The van der Waals surface area contributed by atoms with E-state index >= 15 is 0 Å². The van der Waals surface area contributed by atoms with Gasteiger partial charge in [-0.2, -0.15) is 0 Å². The van der Waals surface area contributed by atoms with Gasteiger partial charge in [0.25, 0.3) is 0 Å². The van der Waals surface area contributed by atoms with Crippen LogP contribution in [0.25, 0.3) is 0 Å². The number of hydrogen-bond acceptors (Lipinski definition) is 3. The molecule has 6 nitrogen and oxygen atoms in total. The molecule has 0 heterocycles. The molecule has 0 spiro atoms. The van der Waals surface area contributed by atoms with Crippen molar-refractivity contribution in [2.24, 2.45) is 10.7 Å². The number of nitrogens with zero attached hydrogens (tertiary/aromatic N) is 1. The zero-order chi connectivity index (χ0) is 17.7. The summed E-state index contributed by atoms with van der Waals surface area (Å²) in [6.45, 7) is 11.7. The van der Waals surface area contributed by atoms with Crippen LogP contribution in [0.5, 0.6) is 0 Å². The van der Waals surface area contributed by atoms with E-state index in [9.17, 15) is 8.42 Å². The molecule has 0 radical (unpaired) electrons. The minimum Gasteiger partial charge on any atom is -0.370 e. The van der Waals surface area contributed by atoms with E-state index in [-0.39, 0.29) is 17.4 Å². The summed E-state index contributed by atoms with van der Waals surface area (Å²) in [7, 11) is -3.62. The minimum atomic E-state index is -3.62. The second-order valence-corrected chi connectivity index (χ2v) is 8.13. The monoisotopic (exact) mass is 338 g/mol. The van der Waals surface area contributed by atoms with Crippen LogP contribution in [-0.2, 0) is 16.6 Å². The number of nitrogens with two attached hydrogens (primary N) is 1. The van der Waals surface area contributed by atoms with Gasteiger partial charge in [-0.05, 0) is 39.3 Å². The quantitative estimate of drug-likeness (QED) is 0.418. The first-order chi connectivity index (χ1) is 10.5. The second-order valence-electron chi connectivity index (χ2n) is 6.48. The molecule has 1 rings (SSSR count). The van der Waals surface area contributed by atoms with Crippen molar-refractivity contribution in [3.63, 3.8) is 0 Å². The number of benzene rings is 1. The molecule has 7 heteroatoms. The van der Waals surface area contributed by atoms with E-state index < -0.39 is 15.6 Å². The van der Waals surface area contributed by atoms with Gasteiger partial charge in [0, 0.05) is 12.1 Å². The fourth-order valence-electron chi connectivity index (χ4n) is 1.82. The van der Waals surface area contributed by atoms with E-state index in [1.54, 1.807) is 45.0 Å². The number of hydrogen-bond donors (Lipinski definition) is 3. The molecule has 23 heavy (non-hydrogen) atoms. The highest BCUT2D eigenvalue weighted by Crippen LogP contribution is 2.18.